The Morgan fingerprint density at radius 1 is 0.444 bits per heavy atom. The van der Waals surface area contributed by atoms with Crippen LogP contribution in [0.2, 0.25) is 6.04 Å². The summed E-state index contributed by atoms with van der Waals surface area (Å²) >= 11 is 0. The molecule has 164 valence electrons. The zero-order valence-corrected chi connectivity index (χ0v) is 20.3. The van der Waals surface area contributed by atoms with E-state index >= 15 is 0 Å². The standard InChI is InChI=1S/C20H47N3O3Si/c1-8-15-21(16-9-2)24-27(14-7,25-22(17-10-3)18-11-4)26-23(19-12-5)20-13-6/h8-20H2,1-7H3. The molecule has 0 fully saturated rings. The molecule has 0 rings (SSSR count). The van der Waals surface area contributed by atoms with Gasteiger partial charge in [-0.1, -0.05) is 48.5 Å². The summed E-state index contributed by atoms with van der Waals surface area (Å²) in [6.45, 7) is 20.6. The summed E-state index contributed by atoms with van der Waals surface area (Å²) in [6, 6.07) is 0.755. The fourth-order valence-corrected chi connectivity index (χ4v) is 5.15. The van der Waals surface area contributed by atoms with E-state index in [0.29, 0.717) is 0 Å². The van der Waals surface area contributed by atoms with Crippen LogP contribution in [0.25, 0.3) is 0 Å². The van der Waals surface area contributed by atoms with Gasteiger partial charge in [-0.15, -0.1) is 0 Å². The number of rotatable bonds is 19. The molecule has 0 amide bonds. The molecule has 0 heterocycles. The van der Waals surface area contributed by atoms with Gasteiger partial charge in [-0.25, -0.2) is 0 Å². The van der Waals surface area contributed by atoms with Gasteiger partial charge in [0.1, 0.15) is 0 Å². The van der Waals surface area contributed by atoms with Crippen LogP contribution in [-0.2, 0) is 13.6 Å². The number of hydrogen-bond donors (Lipinski definition) is 0. The van der Waals surface area contributed by atoms with Crippen molar-refractivity contribution >= 4 is 8.80 Å². The number of hydrogen-bond acceptors (Lipinski definition) is 6. The molecule has 27 heavy (non-hydrogen) atoms. The fraction of sp³-hybridized carbons (Fsp3) is 1.00. The van der Waals surface area contributed by atoms with Gasteiger partial charge in [0.2, 0.25) is 0 Å². The van der Waals surface area contributed by atoms with Crippen LogP contribution in [0.4, 0.5) is 0 Å². The molecule has 0 aliphatic carbocycles. The Morgan fingerprint density at radius 2 is 0.667 bits per heavy atom. The zero-order chi connectivity index (χ0) is 20.5. The Balaban J connectivity index is 5.52. The summed E-state index contributed by atoms with van der Waals surface area (Å²) in [5.74, 6) is 0. The number of nitrogens with zero attached hydrogens (tertiary/aromatic N) is 3. The molecule has 0 spiro atoms. The summed E-state index contributed by atoms with van der Waals surface area (Å²) in [5, 5.41) is 6.21. The molecule has 0 radical (unpaired) electrons. The highest BCUT2D eigenvalue weighted by molar-refractivity contribution is 6.60. The molecule has 0 aliphatic heterocycles. The van der Waals surface area contributed by atoms with E-state index in [0.717, 1.165) is 83.8 Å². The quantitative estimate of drug-likeness (QED) is 0.220. The largest absolute Gasteiger partial charge is 0.552 e. The van der Waals surface area contributed by atoms with E-state index in [-0.39, 0.29) is 0 Å². The second-order valence-corrected chi connectivity index (χ2v) is 9.72. The number of hydroxylamine groups is 6. The van der Waals surface area contributed by atoms with Gasteiger partial charge in [0.05, 0.1) is 0 Å². The lowest BCUT2D eigenvalue weighted by molar-refractivity contribution is -0.227. The molecule has 0 N–H and O–H groups in total. The third-order valence-corrected chi connectivity index (χ3v) is 6.55. The highest BCUT2D eigenvalue weighted by Gasteiger charge is 2.46. The maximum Gasteiger partial charge on any atom is 0.552 e. The molecular formula is C20H47N3O3Si. The first kappa shape index (κ1) is 27.0. The summed E-state index contributed by atoms with van der Waals surface area (Å²) in [5.41, 5.74) is 0. The van der Waals surface area contributed by atoms with E-state index in [2.05, 4.69) is 63.7 Å². The van der Waals surface area contributed by atoms with Gasteiger partial charge in [-0.2, -0.15) is 15.2 Å². The molecule has 0 bridgehead atoms. The van der Waals surface area contributed by atoms with Crippen LogP contribution in [0.1, 0.15) is 87.0 Å². The molecule has 0 aromatic carbocycles. The van der Waals surface area contributed by atoms with Crippen LogP contribution in [0, 0.1) is 0 Å². The third-order valence-electron chi connectivity index (χ3n) is 4.08. The maximum atomic E-state index is 6.56. The highest BCUT2D eigenvalue weighted by atomic mass is 28.4. The van der Waals surface area contributed by atoms with E-state index in [1.54, 1.807) is 0 Å². The van der Waals surface area contributed by atoms with E-state index in [9.17, 15) is 0 Å². The Bertz CT molecular complexity index is 274. The van der Waals surface area contributed by atoms with Crippen molar-refractivity contribution in [2.75, 3.05) is 39.3 Å². The van der Waals surface area contributed by atoms with E-state index in [4.69, 9.17) is 13.6 Å². The van der Waals surface area contributed by atoms with Crippen molar-refractivity contribution in [3.05, 3.63) is 0 Å². The Morgan fingerprint density at radius 3 is 0.815 bits per heavy atom. The molecule has 0 aromatic heterocycles. The molecular weight excluding hydrogens is 358 g/mol. The molecule has 0 saturated heterocycles. The monoisotopic (exact) mass is 405 g/mol. The topological polar surface area (TPSA) is 37.4 Å². The van der Waals surface area contributed by atoms with Crippen LogP contribution >= 0.6 is 0 Å². The smallest absolute Gasteiger partial charge is 0.284 e. The van der Waals surface area contributed by atoms with Crippen molar-refractivity contribution in [2.45, 2.75) is 93.0 Å². The minimum atomic E-state index is -2.90. The van der Waals surface area contributed by atoms with Gasteiger partial charge in [-0.05, 0) is 38.5 Å². The van der Waals surface area contributed by atoms with Crippen molar-refractivity contribution in [2.24, 2.45) is 0 Å². The summed E-state index contributed by atoms with van der Waals surface area (Å²) in [7, 11) is -2.90. The molecule has 0 aromatic rings. The van der Waals surface area contributed by atoms with E-state index in [1.807, 2.05) is 0 Å². The van der Waals surface area contributed by atoms with Gasteiger partial charge in [0.25, 0.3) is 0 Å². The molecule has 0 aliphatic rings. The van der Waals surface area contributed by atoms with E-state index < -0.39 is 8.80 Å². The average Bonchev–Trinajstić information content (AvgIpc) is 2.63. The van der Waals surface area contributed by atoms with Gasteiger partial charge in [-0.3, -0.25) is 13.6 Å². The van der Waals surface area contributed by atoms with E-state index in [1.165, 1.54) is 0 Å². The molecule has 7 heteroatoms. The van der Waals surface area contributed by atoms with Gasteiger partial charge in [0, 0.05) is 45.3 Å². The molecule has 0 saturated carbocycles. The maximum absolute atomic E-state index is 6.56. The summed E-state index contributed by atoms with van der Waals surface area (Å²) < 4.78 is 19.7. The first-order chi connectivity index (χ1) is 13.0. The van der Waals surface area contributed by atoms with Gasteiger partial charge < -0.3 is 0 Å². The van der Waals surface area contributed by atoms with Crippen molar-refractivity contribution in [1.82, 2.24) is 15.2 Å². The van der Waals surface area contributed by atoms with Crippen LogP contribution < -0.4 is 0 Å². The Hall–Kier alpha value is -0.0231. The molecule has 0 atom stereocenters. The summed E-state index contributed by atoms with van der Waals surface area (Å²) in [6.07, 6.45) is 6.31. The normalized spacial score (nSPS) is 12.7. The average molecular weight is 406 g/mol. The zero-order valence-electron chi connectivity index (χ0n) is 19.3. The third kappa shape index (κ3) is 11.5. The second-order valence-electron chi connectivity index (χ2n) is 7.10. The lowest BCUT2D eigenvalue weighted by Crippen LogP contribution is -2.57. The van der Waals surface area contributed by atoms with Crippen LogP contribution in [0.5, 0.6) is 0 Å². The van der Waals surface area contributed by atoms with Crippen LogP contribution in [0.3, 0.4) is 0 Å². The molecule has 0 unspecified atom stereocenters. The lowest BCUT2D eigenvalue weighted by atomic mass is 10.4. The van der Waals surface area contributed by atoms with Gasteiger partial charge >= 0.3 is 8.80 Å². The summed E-state index contributed by atoms with van der Waals surface area (Å²) in [4.78, 5) is 0. The minimum absolute atomic E-state index is 0.755. The van der Waals surface area contributed by atoms with Crippen molar-refractivity contribution in [3.8, 4) is 0 Å². The van der Waals surface area contributed by atoms with Gasteiger partial charge in [0.15, 0.2) is 0 Å². The predicted molar refractivity (Wildman–Crippen MR) is 116 cm³/mol. The van der Waals surface area contributed by atoms with Crippen molar-refractivity contribution in [1.29, 1.82) is 0 Å². The minimum Gasteiger partial charge on any atom is -0.284 e. The van der Waals surface area contributed by atoms with Crippen LogP contribution in [0.15, 0.2) is 0 Å². The first-order valence-electron chi connectivity index (χ1n) is 11.4. The Kier molecular flexibility index (Phi) is 16.9. The first-order valence-corrected chi connectivity index (χ1v) is 13.3. The van der Waals surface area contributed by atoms with Crippen molar-refractivity contribution < 1.29 is 13.6 Å². The SMILES string of the molecule is CCCN(CCC)O[Si](CC)(ON(CCC)CCC)ON(CCC)CCC. The fourth-order valence-electron chi connectivity index (χ4n) is 2.94. The predicted octanol–water partition coefficient (Wildman–Crippen LogP) is 5.11. The highest BCUT2D eigenvalue weighted by Crippen LogP contribution is 2.22. The molecule has 6 nitrogen and oxygen atoms in total. The van der Waals surface area contributed by atoms with Crippen LogP contribution in [-0.4, -0.2) is 63.3 Å². The Labute approximate surface area is 170 Å². The van der Waals surface area contributed by atoms with Crippen molar-refractivity contribution in [3.63, 3.8) is 0 Å². The second kappa shape index (κ2) is 16.9. The lowest BCUT2D eigenvalue weighted by Gasteiger charge is -2.39.